The van der Waals surface area contributed by atoms with E-state index in [4.69, 9.17) is 25.8 Å². The van der Waals surface area contributed by atoms with E-state index in [9.17, 15) is 14.4 Å². The van der Waals surface area contributed by atoms with Crippen molar-refractivity contribution in [2.45, 2.75) is 25.7 Å². The number of carbonyl (C=O) groups excluding carboxylic acids is 3. The van der Waals surface area contributed by atoms with Gasteiger partial charge in [0.1, 0.15) is 25.0 Å². The lowest BCUT2D eigenvalue weighted by Crippen LogP contribution is -2.45. The van der Waals surface area contributed by atoms with Crippen LogP contribution in [0, 0.1) is 0 Å². The summed E-state index contributed by atoms with van der Waals surface area (Å²) in [6.07, 6.45) is -1.44. The van der Waals surface area contributed by atoms with E-state index in [1.54, 1.807) is 42.5 Å². The topological polar surface area (TPSA) is 103 Å². The van der Waals surface area contributed by atoms with Gasteiger partial charge in [-0.1, -0.05) is 84.4 Å². The van der Waals surface area contributed by atoms with Crippen LogP contribution in [0.4, 0.5) is 15.3 Å². The van der Waals surface area contributed by atoms with Crippen molar-refractivity contribution in [1.82, 2.24) is 5.32 Å². The third-order valence-corrected chi connectivity index (χ3v) is 6.99. The first-order chi connectivity index (χ1) is 19.9. The first kappa shape index (κ1) is 29.6. The minimum Gasteiger partial charge on any atom is -0.445 e. The van der Waals surface area contributed by atoms with E-state index in [1.165, 1.54) is 0 Å². The summed E-state index contributed by atoms with van der Waals surface area (Å²) >= 11 is 9.40. The summed E-state index contributed by atoms with van der Waals surface area (Å²) in [5, 5.41) is 5.93. The molecule has 0 aliphatic carbocycles. The molecule has 8 nitrogen and oxygen atoms in total. The van der Waals surface area contributed by atoms with Crippen molar-refractivity contribution in [3.63, 3.8) is 0 Å². The monoisotopic (exact) mass is 636 g/mol. The smallest absolute Gasteiger partial charge is 0.445 e. The van der Waals surface area contributed by atoms with Crippen LogP contribution in [-0.2, 0) is 33.9 Å². The average Bonchev–Trinajstić information content (AvgIpc) is 2.98. The molecule has 0 radical (unpaired) electrons. The van der Waals surface area contributed by atoms with Crippen molar-refractivity contribution in [3.8, 4) is 5.75 Å². The number of hydrogen-bond donors (Lipinski definition) is 2. The Kier molecular flexibility index (Phi) is 10.8. The second kappa shape index (κ2) is 14.9. The summed E-state index contributed by atoms with van der Waals surface area (Å²) in [5.41, 5.74) is 2.85. The van der Waals surface area contributed by atoms with Gasteiger partial charge in [-0.2, -0.15) is 0 Å². The molecule has 0 aliphatic rings. The van der Waals surface area contributed by atoms with E-state index in [-0.39, 0.29) is 25.4 Å². The van der Waals surface area contributed by atoms with Crippen LogP contribution < -0.4 is 15.4 Å². The van der Waals surface area contributed by atoms with Crippen LogP contribution in [0.25, 0.3) is 0 Å². The molecule has 0 unspecified atom stereocenters. The largest absolute Gasteiger partial charge is 0.514 e. The Morgan fingerprint density at radius 3 is 1.98 bits per heavy atom. The first-order valence-electron chi connectivity index (χ1n) is 12.6. The molecule has 2 N–H and O–H groups in total. The molecular weight excluding hydrogens is 612 g/mol. The van der Waals surface area contributed by atoms with Crippen LogP contribution in [-0.4, -0.2) is 24.2 Å². The summed E-state index contributed by atoms with van der Waals surface area (Å²) in [4.78, 5) is 37.9. The molecule has 0 spiro atoms. The second-order valence-corrected chi connectivity index (χ2v) is 10.1. The van der Waals surface area contributed by atoms with Crippen molar-refractivity contribution >= 4 is 51.4 Å². The van der Waals surface area contributed by atoms with Gasteiger partial charge in [0.15, 0.2) is 0 Å². The molecule has 4 rings (SSSR count). The predicted molar refractivity (Wildman–Crippen MR) is 159 cm³/mol. The fraction of sp³-hybridized carbons (Fsp3) is 0.129. The molecule has 2 amide bonds. The van der Waals surface area contributed by atoms with Crippen molar-refractivity contribution in [2.75, 3.05) is 5.32 Å². The Labute approximate surface area is 250 Å². The number of amides is 2. The number of anilines is 1. The van der Waals surface area contributed by atoms with Crippen LogP contribution in [0.3, 0.4) is 0 Å². The van der Waals surface area contributed by atoms with Gasteiger partial charge in [0, 0.05) is 16.6 Å². The minimum atomic E-state index is -0.977. The minimum absolute atomic E-state index is 0.0531. The Bertz CT molecular complexity index is 1470. The van der Waals surface area contributed by atoms with Crippen LogP contribution in [0.2, 0.25) is 5.02 Å². The molecule has 0 saturated carbocycles. The molecule has 0 aromatic heterocycles. The van der Waals surface area contributed by atoms with Gasteiger partial charge >= 0.3 is 12.2 Å². The SMILES string of the molecule is O=C(N[C@H](Cc1ccc(OC(=O)OCc2ccccc2)cc1)C(=O)Nc1ccc(Cl)c(Br)c1)OCc1ccccc1. The number of hydrogen-bond acceptors (Lipinski definition) is 6. The van der Waals surface area contributed by atoms with E-state index >= 15 is 0 Å². The van der Waals surface area contributed by atoms with E-state index in [1.807, 2.05) is 60.7 Å². The molecule has 1 atom stereocenters. The molecule has 4 aromatic carbocycles. The molecular formula is C31H26BrClN2O6. The number of halogens is 2. The van der Waals surface area contributed by atoms with Crippen molar-refractivity contribution < 1.29 is 28.6 Å². The number of rotatable bonds is 10. The van der Waals surface area contributed by atoms with Crippen LogP contribution in [0.5, 0.6) is 5.75 Å². The molecule has 0 aliphatic heterocycles. The third kappa shape index (κ3) is 9.66. The molecule has 0 bridgehead atoms. The third-order valence-electron chi connectivity index (χ3n) is 5.77. The molecule has 0 fully saturated rings. The van der Waals surface area contributed by atoms with Crippen molar-refractivity contribution in [1.29, 1.82) is 0 Å². The number of benzene rings is 4. The van der Waals surface area contributed by atoms with E-state index < -0.39 is 24.2 Å². The summed E-state index contributed by atoms with van der Waals surface area (Å²) in [5.74, 6) is -0.185. The van der Waals surface area contributed by atoms with Gasteiger partial charge in [0.05, 0.1) is 5.02 Å². The van der Waals surface area contributed by atoms with Crippen molar-refractivity contribution in [3.05, 3.63) is 129 Å². The number of alkyl carbamates (subject to hydrolysis) is 1. The predicted octanol–water partition coefficient (Wildman–Crippen LogP) is 7.29. The van der Waals surface area contributed by atoms with Gasteiger partial charge in [-0.15, -0.1) is 0 Å². The fourth-order valence-electron chi connectivity index (χ4n) is 3.69. The standard InChI is InChI=1S/C31H26BrClN2O6/c32-26-18-24(13-16-27(26)33)34-29(36)28(35-30(37)39-19-22-7-3-1-4-8-22)17-21-11-14-25(15-12-21)41-31(38)40-20-23-9-5-2-6-10-23/h1-16,18,28H,17,19-20H2,(H,34,36)(H,35,37)/t28-/m1/s1. The number of nitrogens with one attached hydrogen (secondary N) is 2. The summed E-state index contributed by atoms with van der Waals surface area (Å²) < 4.78 is 16.3. The lowest BCUT2D eigenvalue weighted by atomic mass is 10.0. The highest BCUT2D eigenvalue weighted by Gasteiger charge is 2.23. The summed E-state index contributed by atoms with van der Waals surface area (Å²) in [6.45, 7) is 0.141. The van der Waals surface area contributed by atoms with Gasteiger partial charge < -0.3 is 24.8 Å². The maximum absolute atomic E-state index is 13.2. The first-order valence-corrected chi connectivity index (χ1v) is 13.7. The normalized spacial score (nSPS) is 11.2. The highest BCUT2D eigenvalue weighted by atomic mass is 79.9. The maximum Gasteiger partial charge on any atom is 0.514 e. The van der Waals surface area contributed by atoms with Gasteiger partial charge in [0.2, 0.25) is 5.91 Å². The molecule has 10 heteroatoms. The molecule has 210 valence electrons. The lowest BCUT2D eigenvalue weighted by molar-refractivity contribution is -0.118. The fourth-order valence-corrected chi connectivity index (χ4v) is 4.19. The second-order valence-electron chi connectivity index (χ2n) is 8.85. The van der Waals surface area contributed by atoms with Gasteiger partial charge in [-0.3, -0.25) is 4.79 Å². The van der Waals surface area contributed by atoms with E-state index in [2.05, 4.69) is 26.6 Å². The average molecular weight is 638 g/mol. The molecule has 0 saturated heterocycles. The highest BCUT2D eigenvalue weighted by Crippen LogP contribution is 2.26. The summed E-state index contributed by atoms with van der Waals surface area (Å²) in [7, 11) is 0. The number of carbonyl (C=O) groups is 3. The van der Waals surface area contributed by atoms with Gasteiger partial charge in [-0.25, -0.2) is 9.59 Å². The maximum atomic E-state index is 13.2. The Morgan fingerprint density at radius 2 is 1.37 bits per heavy atom. The molecule has 4 aromatic rings. The zero-order valence-corrected chi connectivity index (χ0v) is 24.1. The quantitative estimate of drug-likeness (QED) is 0.140. The highest BCUT2D eigenvalue weighted by molar-refractivity contribution is 9.10. The molecule has 41 heavy (non-hydrogen) atoms. The zero-order chi connectivity index (χ0) is 29.0. The van der Waals surface area contributed by atoms with Crippen LogP contribution in [0.15, 0.2) is 108 Å². The Hall–Kier alpha value is -4.34. The molecule has 0 heterocycles. The van der Waals surface area contributed by atoms with Crippen molar-refractivity contribution in [2.24, 2.45) is 0 Å². The van der Waals surface area contributed by atoms with E-state index in [0.717, 1.165) is 11.1 Å². The lowest BCUT2D eigenvalue weighted by Gasteiger charge is -2.19. The summed E-state index contributed by atoms with van der Waals surface area (Å²) in [6, 6.07) is 29.0. The number of ether oxygens (including phenoxy) is 3. The Balaban J connectivity index is 1.38. The van der Waals surface area contributed by atoms with Crippen LogP contribution in [0.1, 0.15) is 16.7 Å². The zero-order valence-electron chi connectivity index (χ0n) is 21.7. The van der Waals surface area contributed by atoms with Crippen LogP contribution >= 0.6 is 27.5 Å². The Morgan fingerprint density at radius 1 is 0.756 bits per heavy atom. The van der Waals surface area contributed by atoms with Gasteiger partial charge in [0.25, 0.3) is 0 Å². The van der Waals surface area contributed by atoms with E-state index in [0.29, 0.717) is 20.7 Å². The van der Waals surface area contributed by atoms with Gasteiger partial charge in [-0.05, 0) is 63.0 Å².